The molecule has 0 spiro atoms. The number of piperidine rings is 1. The van der Waals surface area contributed by atoms with Crippen LogP contribution in [0.5, 0.6) is 0 Å². The maximum atomic E-state index is 6.32. The van der Waals surface area contributed by atoms with Crippen molar-refractivity contribution in [3.05, 3.63) is 24.2 Å². The fourth-order valence-electron chi connectivity index (χ4n) is 3.61. The third-order valence-corrected chi connectivity index (χ3v) is 4.52. The molecule has 0 aromatic carbocycles. The second-order valence-electron chi connectivity index (χ2n) is 5.56. The zero-order chi connectivity index (χ0) is 11.8. The number of furan rings is 1. The van der Waals surface area contributed by atoms with E-state index in [1.165, 1.54) is 25.8 Å². The highest BCUT2D eigenvalue weighted by Gasteiger charge is 2.43. The molecule has 2 fully saturated rings. The number of hydrogen-bond acceptors (Lipinski definition) is 3. The maximum Gasteiger partial charge on any atom is 0.122 e. The van der Waals surface area contributed by atoms with Crippen molar-refractivity contribution in [2.75, 3.05) is 6.54 Å². The molecule has 4 unspecified atom stereocenters. The Morgan fingerprint density at radius 3 is 2.94 bits per heavy atom. The molecule has 4 atom stereocenters. The molecule has 17 heavy (non-hydrogen) atoms. The van der Waals surface area contributed by atoms with Gasteiger partial charge in [0.25, 0.3) is 0 Å². The summed E-state index contributed by atoms with van der Waals surface area (Å²) in [6, 6.07) is 5.25. The minimum Gasteiger partial charge on any atom is -0.468 e. The van der Waals surface area contributed by atoms with E-state index in [0.717, 1.165) is 24.1 Å². The topological polar surface area (TPSA) is 42.4 Å². The molecule has 0 amide bonds. The Bertz CT molecular complexity index is 362. The van der Waals surface area contributed by atoms with Crippen LogP contribution >= 0.6 is 0 Å². The number of fused-ring (bicyclic) bond motifs is 2. The molecule has 3 heteroatoms. The number of rotatable bonds is 4. The number of nitrogens with zero attached hydrogens (tertiary/aromatic N) is 1. The van der Waals surface area contributed by atoms with Crippen molar-refractivity contribution in [3.63, 3.8) is 0 Å². The van der Waals surface area contributed by atoms with E-state index in [1.807, 2.05) is 6.07 Å². The quantitative estimate of drug-likeness (QED) is 0.870. The lowest BCUT2D eigenvalue weighted by atomic mass is 9.99. The molecule has 1 saturated carbocycles. The van der Waals surface area contributed by atoms with E-state index in [1.54, 1.807) is 6.26 Å². The van der Waals surface area contributed by atoms with E-state index < -0.39 is 0 Å². The Hall–Kier alpha value is -0.800. The van der Waals surface area contributed by atoms with Crippen molar-refractivity contribution in [2.24, 2.45) is 11.7 Å². The van der Waals surface area contributed by atoms with Crippen molar-refractivity contribution in [1.29, 1.82) is 0 Å². The molecule has 3 rings (SSSR count). The van der Waals surface area contributed by atoms with Crippen LogP contribution < -0.4 is 5.73 Å². The molecule has 2 aliphatic rings. The van der Waals surface area contributed by atoms with Gasteiger partial charge in [-0.1, -0.05) is 6.92 Å². The minimum atomic E-state index is 0.181. The molecule has 2 N–H and O–H groups in total. The van der Waals surface area contributed by atoms with Gasteiger partial charge in [0.1, 0.15) is 5.76 Å². The normalized spacial score (nSPS) is 31.9. The average Bonchev–Trinajstić information content (AvgIpc) is 3.05. The van der Waals surface area contributed by atoms with Gasteiger partial charge in [0.05, 0.1) is 12.3 Å². The Morgan fingerprint density at radius 1 is 1.53 bits per heavy atom. The first kappa shape index (κ1) is 11.3. The van der Waals surface area contributed by atoms with Gasteiger partial charge in [0, 0.05) is 18.6 Å². The number of hydrogen-bond donors (Lipinski definition) is 1. The van der Waals surface area contributed by atoms with Gasteiger partial charge in [-0.25, -0.2) is 0 Å². The first-order valence-corrected chi connectivity index (χ1v) is 6.84. The Morgan fingerprint density at radius 2 is 2.41 bits per heavy atom. The predicted molar refractivity (Wildman–Crippen MR) is 67.6 cm³/mol. The molecule has 0 radical (unpaired) electrons. The van der Waals surface area contributed by atoms with Crippen LogP contribution in [0.3, 0.4) is 0 Å². The van der Waals surface area contributed by atoms with E-state index in [9.17, 15) is 0 Å². The van der Waals surface area contributed by atoms with Crippen LogP contribution in [-0.2, 0) is 0 Å². The molecule has 1 saturated heterocycles. The number of nitrogens with two attached hydrogens (primary N) is 1. The van der Waals surface area contributed by atoms with Crippen molar-refractivity contribution < 1.29 is 4.42 Å². The van der Waals surface area contributed by atoms with Gasteiger partial charge >= 0.3 is 0 Å². The summed E-state index contributed by atoms with van der Waals surface area (Å²) < 4.78 is 5.62. The smallest absolute Gasteiger partial charge is 0.122 e. The lowest BCUT2D eigenvalue weighted by Crippen LogP contribution is -2.44. The third kappa shape index (κ3) is 1.91. The molecule has 1 aromatic heterocycles. The van der Waals surface area contributed by atoms with Crippen LogP contribution in [0.25, 0.3) is 0 Å². The van der Waals surface area contributed by atoms with Gasteiger partial charge in [0.2, 0.25) is 0 Å². The first-order chi connectivity index (χ1) is 8.29. The van der Waals surface area contributed by atoms with Crippen LogP contribution in [-0.4, -0.2) is 23.5 Å². The Kier molecular flexibility index (Phi) is 2.97. The summed E-state index contributed by atoms with van der Waals surface area (Å²) in [4.78, 5) is 2.60. The lowest BCUT2D eigenvalue weighted by molar-refractivity contribution is 0.111. The van der Waals surface area contributed by atoms with Crippen LogP contribution in [0.2, 0.25) is 0 Å². The molecule has 1 aliphatic heterocycles. The second-order valence-corrected chi connectivity index (χ2v) is 5.56. The van der Waals surface area contributed by atoms with Gasteiger partial charge in [0.15, 0.2) is 0 Å². The molecule has 1 aliphatic carbocycles. The highest BCUT2D eigenvalue weighted by Crippen LogP contribution is 2.43. The van der Waals surface area contributed by atoms with E-state index in [0.29, 0.717) is 0 Å². The summed E-state index contributed by atoms with van der Waals surface area (Å²) in [6.45, 7) is 3.37. The van der Waals surface area contributed by atoms with Gasteiger partial charge < -0.3 is 10.2 Å². The largest absolute Gasteiger partial charge is 0.468 e. The SMILES string of the molecule is CCC(N)C(c1ccco1)N1CC2CCC1C2. The third-order valence-electron chi connectivity index (χ3n) is 4.52. The fraction of sp³-hybridized carbons (Fsp3) is 0.714. The predicted octanol–water partition coefficient (Wildman–Crippen LogP) is 2.54. The van der Waals surface area contributed by atoms with Crippen molar-refractivity contribution >= 4 is 0 Å². The average molecular weight is 234 g/mol. The number of likely N-dealkylation sites (tertiary alicyclic amines) is 1. The Labute approximate surface area is 103 Å². The summed E-state index contributed by atoms with van der Waals surface area (Å²) in [7, 11) is 0. The van der Waals surface area contributed by atoms with Gasteiger partial charge in [-0.15, -0.1) is 0 Å². The lowest BCUT2D eigenvalue weighted by Gasteiger charge is -2.36. The van der Waals surface area contributed by atoms with Gasteiger partial charge in [-0.3, -0.25) is 4.90 Å². The zero-order valence-corrected chi connectivity index (χ0v) is 10.5. The fourth-order valence-corrected chi connectivity index (χ4v) is 3.61. The van der Waals surface area contributed by atoms with Crippen LogP contribution in [0.1, 0.15) is 44.4 Å². The second kappa shape index (κ2) is 4.46. The summed E-state index contributed by atoms with van der Waals surface area (Å²) in [5.41, 5.74) is 6.32. The molecule has 2 heterocycles. The molecule has 1 aromatic rings. The molecular weight excluding hydrogens is 212 g/mol. The van der Waals surface area contributed by atoms with Gasteiger partial charge in [-0.05, 0) is 43.7 Å². The van der Waals surface area contributed by atoms with E-state index >= 15 is 0 Å². The highest BCUT2D eigenvalue weighted by atomic mass is 16.3. The van der Waals surface area contributed by atoms with E-state index in [2.05, 4.69) is 17.9 Å². The molecule has 2 bridgehead atoms. The van der Waals surface area contributed by atoms with Crippen LogP contribution in [0.15, 0.2) is 22.8 Å². The molecule has 94 valence electrons. The minimum absolute atomic E-state index is 0.181. The van der Waals surface area contributed by atoms with Gasteiger partial charge in [-0.2, -0.15) is 0 Å². The standard InChI is InChI=1S/C14H22N2O/c1-2-12(15)14(13-4-3-7-17-13)16-9-10-5-6-11(16)8-10/h3-4,7,10-12,14H,2,5-6,8-9,15H2,1H3. The summed E-state index contributed by atoms with van der Waals surface area (Å²) in [5.74, 6) is 1.95. The van der Waals surface area contributed by atoms with Crippen LogP contribution in [0.4, 0.5) is 0 Å². The first-order valence-electron chi connectivity index (χ1n) is 6.84. The maximum absolute atomic E-state index is 6.32. The van der Waals surface area contributed by atoms with Crippen molar-refractivity contribution in [3.8, 4) is 0 Å². The summed E-state index contributed by atoms with van der Waals surface area (Å²) in [5, 5.41) is 0. The Balaban J connectivity index is 1.84. The highest BCUT2D eigenvalue weighted by molar-refractivity contribution is 5.11. The zero-order valence-electron chi connectivity index (χ0n) is 10.5. The summed E-state index contributed by atoms with van der Waals surface area (Å²) in [6.07, 6.45) is 6.89. The van der Waals surface area contributed by atoms with E-state index in [-0.39, 0.29) is 12.1 Å². The van der Waals surface area contributed by atoms with Crippen molar-refractivity contribution in [1.82, 2.24) is 4.90 Å². The monoisotopic (exact) mass is 234 g/mol. The molecule has 3 nitrogen and oxygen atoms in total. The van der Waals surface area contributed by atoms with E-state index in [4.69, 9.17) is 10.2 Å². The van der Waals surface area contributed by atoms with Crippen LogP contribution in [0, 0.1) is 5.92 Å². The molecular formula is C14H22N2O. The van der Waals surface area contributed by atoms with Crippen molar-refractivity contribution in [2.45, 2.75) is 50.7 Å². The summed E-state index contributed by atoms with van der Waals surface area (Å²) >= 11 is 0.